The van der Waals surface area contributed by atoms with Gasteiger partial charge in [-0.3, -0.25) is 4.90 Å². The van der Waals surface area contributed by atoms with Crippen LogP contribution in [0, 0.1) is 11.8 Å². The van der Waals surface area contributed by atoms with Crippen LogP contribution in [0.25, 0.3) is 0 Å². The predicted octanol–water partition coefficient (Wildman–Crippen LogP) is 4.19. The highest BCUT2D eigenvalue weighted by atomic mass is 16.3. The highest BCUT2D eigenvalue weighted by molar-refractivity contribution is 5.27. The van der Waals surface area contributed by atoms with Gasteiger partial charge in [-0.05, 0) is 31.0 Å². The van der Waals surface area contributed by atoms with Crippen molar-refractivity contribution >= 4 is 0 Å². The summed E-state index contributed by atoms with van der Waals surface area (Å²) in [5.74, 6) is 0.697. The lowest BCUT2D eigenvalue weighted by atomic mass is 9.65. The first-order valence-electron chi connectivity index (χ1n) is 8.77. The third kappa shape index (κ3) is 2.50. The van der Waals surface area contributed by atoms with Gasteiger partial charge in [0.2, 0.25) is 0 Å². The molecule has 2 heteroatoms. The van der Waals surface area contributed by atoms with Gasteiger partial charge >= 0.3 is 0 Å². The third-order valence-corrected chi connectivity index (χ3v) is 5.92. The van der Waals surface area contributed by atoms with Crippen molar-refractivity contribution in [3.63, 3.8) is 0 Å². The minimum atomic E-state index is -0.199. The van der Waals surface area contributed by atoms with Crippen LogP contribution in [0.4, 0.5) is 0 Å². The van der Waals surface area contributed by atoms with Gasteiger partial charge in [0.05, 0.1) is 6.10 Å². The second kappa shape index (κ2) is 6.10. The van der Waals surface area contributed by atoms with Gasteiger partial charge < -0.3 is 5.11 Å². The van der Waals surface area contributed by atoms with Crippen molar-refractivity contribution in [2.45, 2.75) is 37.5 Å². The Hall–Kier alpha value is -1.64. The number of aliphatic hydroxyl groups is 1. The largest absolute Gasteiger partial charge is 0.392 e. The van der Waals surface area contributed by atoms with E-state index in [4.69, 9.17) is 0 Å². The zero-order valence-corrected chi connectivity index (χ0v) is 13.7. The van der Waals surface area contributed by atoms with Crippen LogP contribution >= 0.6 is 0 Å². The van der Waals surface area contributed by atoms with E-state index in [9.17, 15) is 5.11 Å². The molecule has 1 unspecified atom stereocenters. The highest BCUT2D eigenvalue weighted by Crippen LogP contribution is 2.52. The lowest BCUT2D eigenvalue weighted by Gasteiger charge is -2.54. The van der Waals surface area contributed by atoms with E-state index in [1.807, 2.05) is 0 Å². The molecule has 23 heavy (non-hydrogen) atoms. The number of fused-ring (bicyclic) bond motifs is 2. The second-order valence-corrected chi connectivity index (χ2v) is 7.13. The zero-order valence-electron chi connectivity index (χ0n) is 13.7. The first kappa shape index (κ1) is 14.9. The summed E-state index contributed by atoms with van der Waals surface area (Å²) in [6.07, 6.45) is 3.29. The quantitative estimate of drug-likeness (QED) is 0.899. The summed E-state index contributed by atoms with van der Waals surface area (Å²) >= 11 is 0. The predicted molar refractivity (Wildman–Crippen MR) is 93.0 cm³/mol. The number of hydrogen-bond acceptors (Lipinski definition) is 2. The summed E-state index contributed by atoms with van der Waals surface area (Å²) in [6.45, 7) is 0. The number of rotatable bonds is 2. The summed E-state index contributed by atoms with van der Waals surface area (Å²) in [4.78, 5) is 2.52. The van der Waals surface area contributed by atoms with E-state index >= 15 is 0 Å². The fourth-order valence-corrected chi connectivity index (χ4v) is 4.98. The van der Waals surface area contributed by atoms with Gasteiger partial charge in [0, 0.05) is 23.9 Å². The van der Waals surface area contributed by atoms with Gasteiger partial charge in [0.15, 0.2) is 0 Å². The maximum atomic E-state index is 11.0. The average molecular weight is 307 g/mol. The van der Waals surface area contributed by atoms with Crippen LogP contribution in [0.5, 0.6) is 0 Å². The van der Waals surface area contributed by atoms with Gasteiger partial charge in [0.25, 0.3) is 0 Å². The molecule has 5 atom stereocenters. The molecule has 4 rings (SSSR count). The van der Waals surface area contributed by atoms with Crippen LogP contribution < -0.4 is 0 Å². The molecule has 1 N–H and O–H groups in total. The molecule has 2 aromatic carbocycles. The Morgan fingerprint density at radius 3 is 1.65 bits per heavy atom. The summed E-state index contributed by atoms with van der Waals surface area (Å²) in [5, 5.41) is 11.0. The van der Waals surface area contributed by atoms with Gasteiger partial charge in [-0.1, -0.05) is 67.1 Å². The number of aliphatic hydroxyl groups excluding tert-OH is 1. The summed E-state index contributed by atoms with van der Waals surface area (Å²) in [7, 11) is 2.24. The Balaban J connectivity index is 1.78. The van der Waals surface area contributed by atoms with E-state index in [-0.39, 0.29) is 6.10 Å². The Labute approximate surface area is 138 Å². The topological polar surface area (TPSA) is 23.5 Å². The Morgan fingerprint density at radius 1 is 0.783 bits per heavy atom. The Bertz CT molecular complexity index is 586. The van der Waals surface area contributed by atoms with Crippen molar-refractivity contribution < 1.29 is 5.11 Å². The minimum absolute atomic E-state index is 0.199. The van der Waals surface area contributed by atoms with Gasteiger partial charge in [0.1, 0.15) is 0 Å². The number of benzene rings is 2. The lowest BCUT2D eigenvalue weighted by molar-refractivity contribution is -0.112. The fourth-order valence-electron chi connectivity index (χ4n) is 4.98. The monoisotopic (exact) mass is 307 g/mol. The molecule has 2 aliphatic rings. The van der Waals surface area contributed by atoms with Gasteiger partial charge in [-0.2, -0.15) is 0 Å². The molecule has 0 amide bonds. The maximum Gasteiger partial charge on any atom is 0.0633 e. The minimum Gasteiger partial charge on any atom is -0.392 e. The number of likely N-dealkylation sites (tertiary alicyclic amines) is 1. The average Bonchev–Trinajstić information content (AvgIpc) is 2.59. The van der Waals surface area contributed by atoms with Crippen molar-refractivity contribution in [2.24, 2.45) is 11.8 Å². The van der Waals surface area contributed by atoms with E-state index in [0.717, 1.165) is 12.8 Å². The second-order valence-electron chi connectivity index (χ2n) is 7.13. The van der Waals surface area contributed by atoms with E-state index in [1.165, 1.54) is 17.5 Å². The molecule has 2 aromatic rings. The molecular formula is C21H25NO. The van der Waals surface area contributed by atoms with E-state index < -0.39 is 0 Å². The first-order valence-corrected chi connectivity index (χ1v) is 8.77. The van der Waals surface area contributed by atoms with Crippen LogP contribution in [0.1, 0.15) is 42.5 Å². The van der Waals surface area contributed by atoms with E-state index in [0.29, 0.717) is 23.9 Å². The maximum absolute atomic E-state index is 11.0. The summed E-state index contributed by atoms with van der Waals surface area (Å²) in [5.41, 5.74) is 2.67. The highest BCUT2D eigenvalue weighted by Gasteiger charge is 2.49. The molecule has 120 valence electrons. The van der Waals surface area contributed by atoms with E-state index in [2.05, 4.69) is 72.6 Å². The summed E-state index contributed by atoms with van der Waals surface area (Å²) in [6, 6.07) is 22.0. The van der Waals surface area contributed by atoms with Crippen molar-refractivity contribution in [1.29, 1.82) is 0 Å². The van der Waals surface area contributed by atoms with Crippen molar-refractivity contribution in [2.75, 3.05) is 7.05 Å². The van der Waals surface area contributed by atoms with Crippen LogP contribution in [-0.2, 0) is 0 Å². The van der Waals surface area contributed by atoms with Crippen molar-refractivity contribution in [1.82, 2.24) is 4.90 Å². The molecule has 1 heterocycles. The molecular weight excluding hydrogens is 282 g/mol. The Kier molecular flexibility index (Phi) is 3.96. The third-order valence-electron chi connectivity index (χ3n) is 5.92. The van der Waals surface area contributed by atoms with Gasteiger partial charge in [-0.15, -0.1) is 0 Å². The van der Waals surface area contributed by atoms with Crippen molar-refractivity contribution in [3.05, 3.63) is 71.8 Å². The van der Waals surface area contributed by atoms with Crippen molar-refractivity contribution in [3.8, 4) is 0 Å². The smallest absolute Gasteiger partial charge is 0.0633 e. The van der Waals surface area contributed by atoms with E-state index in [1.54, 1.807) is 0 Å². The number of hydrogen-bond donors (Lipinski definition) is 1. The molecule has 2 nitrogen and oxygen atoms in total. The molecule has 1 saturated carbocycles. The normalized spacial score (nSPS) is 34.3. The molecule has 1 aliphatic heterocycles. The standard InChI is InChI=1S/C21H25NO/c1-22-19(15-9-4-2-5-10-15)17-13-8-14-18(21(17)23)20(22)16-11-6-3-7-12-16/h2-7,9-12,17-21,23H,8,13-14H2,1H3/t17-,18+,19-,20+,21?. The SMILES string of the molecule is CN1[C@H](c2ccccc2)[C@H]2CCC[C@H](C2O)[C@@H]1c1ccccc1. The Morgan fingerprint density at radius 2 is 1.22 bits per heavy atom. The van der Waals surface area contributed by atoms with Crippen LogP contribution in [-0.4, -0.2) is 23.2 Å². The van der Waals surface area contributed by atoms with Crippen LogP contribution in [0.15, 0.2) is 60.7 Å². The molecule has 0 aromatic heterocycles. The number of piperidine rings is 1. The molecule has 0 spiro atoms. The van der Waals surface area contributed by atoms with Crippen LogP contribution in [0.2, 0.25) is 0 Å². The van der Waals surface area contributed by atoms with Crippen LogP contribution in [0.3, 0.4) is 0 Å². The molecule has 2 fully saturated rings. The van der Waals surface area contributed by atoms with Gasteiger partial charge in [-0.25, -0.2) is 0 Å². The molecule has 1 saturated heterocycles. The lowest BCUT2D eigenvalue weighted by Crippen LogP contribution is -2.53. The molecule has 2 bridgehead atoms. The molecule has 1 aliphatic carbocycles. The fraction of sp³-hybridized carbons (Fsp3) is 0.429. The first-order chi connectivity index (χ1) is 11.3. The zero-order chi connectivity index (χ0) is 15.8. The summed E-state index contributed by atoms with van der Waals surface area (Å²) < 4.78 is 0. The molecule has 0 radical (unpaired) electrons. The number of nitrogens with zero attached hydrogens (tertiary/aromatic N) is 1.